The summed E-state index contributed by atoms with van der Waals surface area (Å²) >= 11 is 0.953. The van der Waals surface area contributed by atoms with E-state index in [4.69, 9.17) is 10.5 Å². The maximum atomic E-state index is 13.5. The summed E-state index contributed by atoms with van der Waals surface area (Å²) in [5.74, 6) is -0.672. The van der Waals surface area contributed by atoms with Crippen molar-refractivity contribution in [1.82, 2.24) is 4.98 Å². The number of pyridine rings is 1. The molecule has 0 aliphatic rings. The third-order valence-corrected chi connectivity index (χ3v) is 3.23. The second kappa shape index (κ2) is 5.22. The summed E-state index contributed by atoms with van der Waals surface area (Å²) in [5, 5.41) is 0.374. The zero-order chi connectivity index (χ0) is 13.1. The van der Waals surface area contributed by atoms with Crippen molar-refractivity contribution in [3.8, 4) is 5.88 Å². The Kier molecular flexibility index (Phi) is 3.66. The molecule has 6 heteroatoms. The van der Waals surface area contributed by atoms with Crippen molar-refractivity contribution in [3.63, 3.8) is 0 Å². The van der Waals surface area contributed by atoms with Gasteiger partial charge in [-0.1, -0.05) is 11.8 Å². The van der Waals surface area contributed by atoms with Crippen molar-refractivity contribution in [2.24, 2.45) is 0 Å². The predicted molar refractivity (Wildman–Crippen MR) is 65.7 cm³/mol. The van der Waals surface area contributed by atoms with Crippen LogP contribution < -0.4 is 10.5 Å². The molecule has 0 aliphatic carbocycles. The Hall–Kier alpha value is -1.82. The summed E-state index contributed by atoms with van der Waals surface area (Å²) in [5.41, 5.74) is 6.10. The molecule has 2 N–H and O–H groups in total. The summed E-state index contributed by atoms with van der Waals surface area (Å²) in [7, 11) is 1.47. The van der Waals surface area contributed by atoms with E-state index in [1.807, 2.05) is 0 Å². The number of hydrogen-bond acceptors (Lipinski definition) is 4. The minimum Gasteiger partial charge on any atom is -0.481 e. The van der Waals surface area contributed by atoms with Crippen molar-refractivity contribution >= 4 is 17.4 Å². The van der Waals surface area contributed by atoms with Crippen LogP contribution in [-0.4, -0.2) is 12.1 Å². The number of nitrogen functional groups attached to an aromatic ring is 1. The molecule has 0 amide bonds. The molecule has 3 nitrogen and oxygen atoms in total. The maximum Gasteiger partial charge on any atom is 0.214 e. The van der Waals surface area contributed by atoms with Gasteiger partial charge in [-0.25, -0.2) is 13.8 Å². The van der Waals surface area contributed by atoms with Crippen LogP contribution in [0.5, 0.6) is 5.88 Å². The summed E-state index contributed by atoms with van der Waals surface area (Å²) in [4.78, 5) is 4.21. The van der Waals surface area contributed by atoms with E-state index in [1.54, 1.807) is 12.1 Å². The van der Waals surface area contributed by atoms with Gasteiger partial charge in [0.25, 0.3) is 0 Å². The van der Waals surface area contributed by atoms with Gasteiger partial charge in [0.2, 0.25) is 5.88 Å². The lowest BCUT2D eigenvalue weighted by molar-refractivity contribution is 0.395. The minimum atomic E-state index is -0.523. The molecule has 0 fully saturated rings. The lowest BCUT2D eigenvalue weighted by Crippen LogP contribution is -1.95. The second-order valence-corrected chi connectivity index (χ2v) is 4.46. The van der Waals surface area contributed by atoms with Gasteiger partial charge in [-0.15, -0.1) is 0 Å². The Morgan fingerprint density at radius 1 is 1.22 bits per heavy atom. The molecule has 0 aliphatic heterocycles. The highest BCUT2D eigenvalue weighted by Gasteiger charge is 2.10. The monoisotopic (exact) mass is 268 g/mol. The first kappa shape index (κ1) is 12.6. The van der Waals surface area contributed by atoms with E-state index >= 15 is 0 Å². The number of nitrogens with zero attached hydrogens (tertiary/aromatic N) is 1. The quantitative estimate of drug-likeness (QED) is 0.929. The van der Waals surface area contributed by atoms with E-state index in [1.165, 1.54) is 7.11 Å². The average Bonchev–Trinajstić information content (AvgIpc) is 2.36. The van der Waals surface area contributed by atoms with Gasteiger partial charge in [0, 0.05) is 6.07 Å². The van der Waals surface area contributed by atoms with E-state index in [9.17, 15) is 8.78 Å². The van der Waals surface area contributed by atoms with Crippen LogP contribution in [0.3, 0.4) is 0 Å². The van der Waals surface area contributed by atoms with Crippen LogP contribution in [-0.2, 0) is 0 Å². The van der Waals surface area contributed by atoms with E-state index in [0.717, 1.165) is 30.0 Å². The van der Waals surface area contributed by atoms with Crippen molar-refractivity contribution in [3.05, 3.63) is 42.0 Å². The zero-order valence-electron chi connectivity index (χ0n) is 9.48. The number of ether oxygens (including phenoxy) is 1. The lowest BCUT2D eigenvalue weighted by Gasteiger charge is -2.07. The van der Waals surface area contributed by atoms with Crippen LogP contribution >= 0.6 is 11.8 Å². The number of nitrogens with two attached hydrogens (primary N) is 1. The van der Waals surface area contributed by atoms with Gasteiger partial charge in [-0.2, -0.15) is 0 Å². The van der Waals surface area contributed by atoms with Crippen molar-refractivity contribution < 1.29 is 13.5 Å². The molecule has 94 valence electrons. The summed E-state index contributed by atoms with van der Waals surface area (Å²) in [6, 6.07) is 6.42. The molecular weight excluding hydrogens is 258 g/mol. The molecule has 0 unspecified atom stereocenters. The van der Waals surface area contributed by atoms with Crippen LogP contribution in [0.2, 0.25) is 0 Å². The highest BCUT2D eigenvalue weighted by Crippen LogP contribution is 2.33. The molecule has 1 aromatic heterocycles. The zero-order valence-corrected chi connectivity index (χ0v) is 10.3. The smallest absolute Gasteiger partial charge is 0.214 e. The molecule has 0 atom stereocenters. The number of aromatic nitrogens is 1. The molecule has 2 aromatic rings. The summed E-state index contributed by atoms with van der Waals surface area (Å²) in [6.07, 6.45) is 0. The SMILES string of the molecule is COc1ccc(N)c(Sc2cc(F)ccc2F)n1. The summed E-state index contributed by atoms with van der Waals surface area (Å²) < 4.78 is 31.5. The lowest BCUT2D eigenvalue weighted by atomic mass is 10.3. The molecule has 2 rings (SSSR count). The molecule has 0 bridgehead atoms. The highest BCUT2D eigenvalue weighted by atomic mass is 32.2. The molecule has 0 radical (unpaired) electrons. The van der Waals surface area contributed by atoms with Crippen LogP contribution in [0.4, 0.5) is 14.5 Å². The summed E-state index contributed by atoms with van der Waals surface area (Å²) in [6.45, 7) is 0. The second-order valence-electron chi connectivity index (χ2n) is 3.42. The number of anilines is 1. The third kappa shape index (κ3) is 2.70. The molecular formula is C12H10F2N2OS. The van der Waals surface area contributed by atoms with Gasteiger partial charge in [0.15, 0.2) is 0 Å². The standard InChI is InChI=1S/C12H10F2N2OS/c1-17-11-5-4-9(15)12(16-11)18-10-6-7(13)2-3-8(10)14/h2-6H,15H2,1H3. The number of benzene rings is 1. The van der Waals surface area contributed by atoms with E-state index < -0.39 is 11.6 Å². The first-order valence-electron chi connectivity index (χ1n) is 5.03. The van der Waals surface area contributed by atoms with Gasteiger partial charge >= 0.3 is 0 Å². The average molecular weight is 268 g/mol. The van der Waals surface area contributed by atoms with Crippen LogP contribution in [0.25, 0.3) is 0 Å². The molecule has 1 aromatic carbocycles. The first-order valence-corrected chi connectivity index (χ1v) is 5.85. The van der Waals surface area contributed by atoms with E-state index in [0.29, 0.717) is 16.6 Å². The Morgan fingerprint density at radius 3 is 2.72 bits per heavy atom. The Bertz CT molecular complexity index is 578. The largest absolute Gasteiger partial charge is 0.481 e. The number of halogens is 2. The normalized spacial score (nSPS) is 10.4. The Balaban J connectivity index is 2.36. The number of hydrogen-bond donors (Lipinski definition) is 1. The van der Waals surface area contributed by atoms with Gasteiger partial charge in [0.1, 0.15) is 16.7 Å². The fourth-order valence-electron chi connectivity index (χ4n) is 1.29. The fraction of sp³-hybridized carbons (Fsp3) is 0.0833. The maximum absolute atomic E-state index is 13.5. The van der Waals surface area contributed by atoms with Crippen LogP contribution in [0, 0.1) is 11.6 Å². The van der Waals surface area contributed by atoms with Crippen LogP contribution in [0.15, 0.2) is 40.3 Å². The number of methoxy groups -OCH3 is 1. The van der Waals surface area contributed by atoms with Crippen molar-refractivity contribution in [2.75, 3.05) is 12.8 Å². The topological polar surface area (TPSA) is 48.1 Å². The van der Waals surface area contributed by atoms with E-state index in [2.05, 4.69) is 4.98 Å². The van der Waals surface area contributed by atoms with Gasteiger partial charge in [-0.3, -0.25) is 0 Å². The predicted octanol–water partition coefficient (Wildman–Crippen LogP) is 3.10. The first-order chi connectivity index (χ1) is 8.60. The molecule has 18 heavy (non-hydrogen) atoms. The van der Waals surface area contributed by atoms with Crippen LogP contribution in [0.1, 0.15) is 0 Å². The van der Waals surface area contributed by atoms with E-state index in [-0.39, 0.29) is 4.90 Å². The fourth-order valence-corrected chi connectivity index (χ4v) is 2.16. The van der Waals surface area contributed by atoms with Gasteiger partial charge in [0.05, 0.1) is 17.7 Å². The molecule has 0 saturated carbocycles. The molecule has 0 spiro atoms. The van der Waals surface area contributed by atoms with Crippen molar-refractivity contribution in [2.45, 2.75) is 9.92 Å². The van der Waals surface area contributed by atoms with Gasteiger partial charge in [-0.05, 0) is 24.3 Å². The third-order valence-electron chi connectivity index (χ3n) is 2.17. The van der Waals surface area contributed by atoms with Crippen molar-refractivity contribution in [1.29, 1.82) is 0 Å². The highest BCUT2D eigenvalue weighted by molar-refractivity contribution is 7.99. The molecule has 1 heterocycles. The minimum absolute atomic E-state index is 0.127. The Labute approximate surface area is 107 Å². The Morgan fingerprint density at radius 2 is 2.00 bits per heavy atom. The van der Waals surface area contributed by atoms with Gasteiger partial charge < -0.3 is 10.5 Å². The molecule has 0 saturated heterocycles. The number of rotatable bonds is 3.